The number of aromatic nitrogens is 2. The van der Waals surface area contributed by atoms with Crippen molar-refractivity contribution in [3.05, 3.63) is 12.5 Å². The molecule has 0 atom stereocenters. The van der Waals surface area contributed by atoms with Crippen molar-refractivity contribution in [1.29, 1.82) is 0 Å². The average Bonchev–Trinajstić information content (AvgIpc) is 2.51. The Balaban J connectivity index is 2.54. The van der Waals surface area contributed by atoms with E-state index in [1.807, 2.05) is 13.8 Å². The topological polar surface area (TPSA) is 87.2 Å². The number of nitrogens with two attached hydrogens (primary N) is 1. The lowest BCUT2D eigenvalue weighted by atomic mass is 10.5. The van der Waals surface area contributed by atoms with E-state index < -0.39 is 10.0 Å². The van der Waals surface area contributed by atoms with Crippen LogP contribution in [0.4, 0.5) is 0 Å². The van der Waals surface area contributed by atoms with E-state index in [0.717, 1.165) is 0 Å². The average molecular weight is 233 g/mol. The highest BCUT2D eigenvalue weighted by Gasteiger charge is 2.10. The number of nitrogens with zero attached hydrogens (tertiary/aromatic N) is 2. The summed E-state index contributed by atoms with van der Waals surface area (Å²) in [5.41, 5.74) is 0. The Morgan fingerprint density at radius 2 is 2.27 bits per heavy atom. The van der Waals surface area contributed by atoms with Crippen LogP contribution in [0.2, 0.25) is 0 Å². The Morgan fingerprint density at radius 1 is 1.60 bits per heavy atom. The molecule has 1 rings (SSSR count). The van der Waals surface area contributed by atoms with Gasteiger partial charge in [0, 0.05) is 12.7 Å². The highest BCUT2D eigenvalue weighted by atomic mass is 32.2. The molecule has 0 unspecified atom stereocenters. The smallest absolute Gasteiger partial charge is 0.257 e. The maximum Gasteiger partial charge on any atom is 0.257 e. The molecule has 0 fully saturated rings. The Bertz CT molecular complexity index is 411. The molecule has 0 radical (unpaired) electrons. The van der Waals surface area contributed by atoms with Gasteiger partial charge in [-0.1, -0.05) is 0 Å². The number of rotatable bonds is 5. The van der Waals surface area contributed by atoms with Crippen LogP contribution in [0.15, 0.2) is 17.6 Å². The summed E-state index contributed by atoms with van der Waals surface area (Å²) in [5.74, 6) is 0. The van der Waals surface area contributed by atoms with Crippen molar-refractivity contribution in [3.8, 4) is 0 Å². The fourth-order valence-corrected chi connectivity index (χ4v) is 1.48. The number of ether oxygens (including phenoxy) is 1. The molecule has 86 valence electrons. The Morgan fingerprint density at radius 3 is 2.73 bits per heavy atom. The normalized spacial score (nSPS) is 12.3. The molecule has 0 aromatic carbocycles. The fourth-order valence-electron chi connectivity index (χ4n) is 1.00. The highest BCUT2D eigenvalue weighted by molar-refractivity contribution is 7.89. The zero-order valence-electron chi connectivity index (χ0n) is 8.75. The maximum atomic E-state index is 10.9. The van der Waals surface area contributed by atoms with E-state index in [0.29, 0.717) is 13.2 Å². The Hall–Kier alpha value is -0.920. The summed E-state index contributed by atoms with van der Waals surface area (Å²) in [7, 11) is -3.70. The molecule has 0 saturated carbocycles. The number of hydrogen-bond donors (Lipinski definition) is 1. The van der Waals surface area contributed by atoms with Gasteiger partial charge in [-0.2, -0.15) is 0 Å². The predicted molar refractivity (Wildman–Crippen MR) is 54.7 cm³/mol. The molecule has 0 aliphatic heterocycles. The third-order valence-corrected chi connectivity index (χ3v) is 2.50. The van der Waals surface area contributed by atoms with Crippen LogP contribution in [-0.4, -0.2) is 30.7 Å². The summed E-state index contributed by atoms with van der Waals surface area (Å²) >= 11 is 0. The van der Waals surface area contributed by atoms with Gasteiger partial charge in [-0.15, -0.1) is 0 Å². The molecule has 2 N–H and O–H groups in total. The van der Waals surface area contributed by atoms with Gasteiger partial charge >= 0.3 is 0 Å². The van der Waals surface area contributed by atoms with Gasteiger partial charge in [0.25, 0.3) is 10.0 Å². The lowest BCUT2D eigenvalue weighted by Gasteiger charge is -2.06. The van der Waals surface area contributed by atoms with Crippen molar-refractivity contribution in [2.45, 2.75) is 31.5 Å². The fraction of sp³-hybridized carbons (Fsp3) is 0.625. The van der Waals surface area contributed by atoms with Crippen molar-refractivity contribution < 1.29 is 13.2 Å². The van der Waals surface area contributed by atoms with Crippen LogP contribution >= 0.6 is 0 Å². The van der Waals surface area contributed by atoms with E-state index in [-0.39, 0.29) is 11.1 Å². The molecular weight excluding hydrogens is 218 g/mol. The van der Waals surface area contributed by atoms with Gasteiger partial charge in [-0.05, 0) is 13.8 Å². The molecule has 0 amide bonds. The molecule has 0 aliphatic carbocycles. The first kappa shape index (κ1) is 12.2. The Labute approximate surface area is 89.1 Å². The molecule has 7 heteroatoms. The summed E-state index contributed by atoms with van der Waals surface area (Å²) in [4.78, 5) is 3.68. The van der Waals surface area contributed by atoms with Crippen LogP contribution in [0, 0.1) is 0 Å². The SMILES string of the molecule is CC(C)OCCn1cnc(S(N)(=O)=O)c1. The third-order valence-electron chi connectivity index (χ3n) is 1.70. The highest BCUT2D eigenvalue weighted by Crippen LogP contribution is 2.02. The van der Waals surface area contributed by atoms with Gasteiger partial charge in [-0.3, -0.25) is 0 Å². The van der Waals surface area contributed by atoms with Crippen molar-refractivity contribution in [1.82, 2.24) is 9.55 Å². The first-order chi connectivity index (χ1) is 6.89. The van der Waals surface area contributed by atoms with Crippen molar-refractivity contribution in [3.63, 3.8) is 0 Å². The van der Waals surface area contributed by atoms with Crippen LogP contribution in [0.25, 0.3) is 0 Å². The summed E-state index contributed by atoms with van der Waals surface area (Å²) < 4.78 is 28.7. The third kappa shape index (κ3) is 3.98. The van der Waals surface area contributed by atoms with Crippen molar-refractivity contribution >= 4 is 10.0 Å². The zero-order valence-corrected chi connectivity index (χ0v) is 9.57. The van der Waals surface area contributed by atoms with E-state index in [4.69, 9.17) is 9.88 Å². The Kier molecular flexibility index (Phi) is 3.83. The number of hydrogen-bond acceptors (Lipinski definition) is 4. The number of sulfonamides is 1. The van der Waals surface area contributed by atoms with Crippen molar-refractivity contribution in [2.24, 2.45) is 5.14 Å². The standard InChI is InChI=1S/C8H15N3O3S/c1-7(2)14-4-3-11-5-8(10-6-11)15(9,12)13/h5-7H,3-4H2,1-2H3,(H2,9,12,13). The largest absolute Gasteiger partial charge is 0.377 e. The second-order valence-electron chi connectivity index (χ2n) is 3.41. The summed E-state index contributed by atoms with van der Waals surface area (Å²) in [5, 5.41) is 4.79. The molecule has 0 spiro atoms. The van der Waals surface area contributed by atoms with Gasteiger partial charge in [0.05, 0.1) is 19.0 Å². The van der Waals surface area contributed by atoms with Crippen molar-refractivity contribution in [2.75, 3.05) is 6.61 Å². The lowest BCUT2D eigenvalue weighted by Crippen LogP contribution is -2.13. The van der Waals surface area contributed by atoms with Crippen LogP contribution < -0.4 is 5.14 Å². The van der Waals surface area contributed by atoms with E-state index in [1.165, 1.54) is 12.5 Å². The molecular formula is C8H15N3O3S. The second kappa shape index (κ2) is 4.73. The van der Waals surface area contributed by atoms with E-state index >= 15 is 0 Å². The monoisotopic (exact) mass is 233 g/mol. The van der Waals surface area contributed by atoms with E-state index in [2.05, 4.69) is 4.98 Å². The zero-order chi connectivity index (χ0) is 11.5. The van der Waals surface area contributed by atoms with Gasteiger partial charge in [0.15, 0.2) is 5.03 Å². The van der Waals surface area contributed by atoms with Crippen LogP contribution in [0.5, 0.6) is 0 Å². The molecule has 1 aromatic rings. The lowest BCUT2D eigenvalue weighted by molar-refractivity contribution is 0.0727. The van der Waals surface area contributed by atoms with Gasteiger partial charge < -0.3 is 9.30 Å². The summed E-state index contributed by atoms with van der Waals surface area (Å²) in [6, 6.07) is 0. The van der Waals surface area contributed by atoms with Crippen LogP contribution in [0.1, 0.15) is 13.8 Å². The molecule has 6 nitrogen and oxygen atoms in total. The maximum absolute atomic E-state index is 10.9. The summed E-state index contributed by atoms with van der Waals surface area (Å²) in [6.45, 7) is 4.94. The predicted octanol–water partition coefficient (Wildman–Crippen LogP) is -0.0445. The summed E-state index contributed by atoms with van der Waals surface area (Å²) in [6.07, 6.45) is 2.97. The first-order valence-corrected chi connectivity index (χ1v) is 6.10. The molecule has 1 aromatic heterocycles. The first-order valence-electron chi connectivity index (χ1n) is 4.56. The van der Waals surface area contributed by atoms with Gasteiger partial charge in [-0.25, -0.2) is 18.5 Å². The van der Waals surface area contributed by atoms with Crippen LogP contribution in [0.3, 0.4) is 0 Å². The number of imidazole rings is 1. The van der Waals surface area contributed by atoms with Gasteiger partial charge in [0.2, 0.25) is 0 Å². The molecule has 0 bridgehead atoms. The number of primary sulfonamides is 1. The minimum absolute atomic E-state index is 0.118. The second-order valence-corrected chi connectivity index (χ2v) is 4.92. The molecule has 0 saturated heterocycles. The van der Waals surface area contributed by atoms with Gasteiger partial charge in [0.1, 0.15) is 0 Å². The molecule has 1 heterocycles. The van der Waals surface area contributed by atoms with E-state index in [1.54, 1.807) is 4.57 Å². The van der Waals surface area contributed by atoms with E-state index in [9.17, 15) is 8.42 Å². The minimum Gasteiger partial charge on any atom is -0.377 e. The minimum atomic E-state index is -3.70. The van der Waals surface area contributed by atoms with Crippen LogP contribution in [-0.2, 0) is 21.3 Å². The quantitative estimate of drug-likeness (QED) is 0.772. The molecule has 15 heavy (non-hydrogen) atoms. The molecule has 0 aliphatic rings.